The fraction of sp³-hybridized carbons (Fsp3) is 0.0702. The van der Waals surface area contributed by atoms with Gasteiger partial charge in [0, 0.05) is 46.2 Å². The monoisotopic (exact) mass is 855 g/mol. The molecule has 0 aliphatic carbocycles. The van der Waals surface area contributed by atoms with Gasteiger partial charge in [0.05, 0.1) is 5.70 Å². The van der Waals surface area contributed by atoms with Crippen molar-refractivity contribution in [3.05, 3.63) is 235 Å². The number of amides is 1. The molecule has 7 aliphatic heterocycles. The predicted octanol–water partition coefficient (Wildman–Crippen LogP) is 13.1. The Morgan fingerprint density at radius 2 is 0.985 bits per heavy atom. The Labute approximate surface area is 380 Å². The van der Waals surface area contributed by atoms with Crippen LogP contribution in [0.3, 0.4) is 0 Å². The third kappa shape index (κ3) is 12.1. The van der Waals surface area contributed by atoms with Crippen LogP contribution in [0.2, 0.25) is 0 Å². The molecule has 0 unspecified atom stereocenters. The molecule has 65 heavy (non-hydrogen) atoms. The van der Waals surface area contributed by atoms with Gasteiger partial charge in [-0.2, -0.15) is 0 Å². The SMILES string of the molecule is C=C(C)C(=O)Oc1ccc(/C=C/C(=O)N2/C=C(/C=C/c3ccc(OC(=O)C(=C)C)cc3)Nc3ccc(cc3)-c3ccc(cc3)N/C(C(=C)C)=C\Cc3ccc(cc3)-c3ccc2cc3)cc1. The van der Waals surface area contributed by atoms with E-state index in [4.69, 9.17) is 9.47 Å². The molecule has 8 heteroatoms. The van der Waals surface area contributed by atoms with E-state index in [1.807, 2.05) is 67.6 Å². The average molecular weight is 856 g/mol. The minimum absolute atomic E-state index is 0.295. The standard InChI is InChI=1S/C57H49N3O5/c1-38(2)54-35-14-41-7-16-44(17-8-41)47-22-29-51(30-23-47)60(55(61)36-15-43-12-33-53(34-13-43)65-57(63)40(5)6)37-50(24-9-42-10-31-52(32-11-42)64-56(62)39(3)4)58-48-25-18-45(19-26-48)46-20-27-49(59-54)28-21-46/h7-13,15-37,58-59H,1,3,5,14H2,2,4,6H3/b24-9+,36-15+,50-37-,54-35-. The van der Waals surface area contributed by atoms with Crippen LogP contribution in [-0.4, -0.2) is 17.8 Å². The largest absolute Gasteiger partial charge is 0.423 e. The Balaban J connectivity index is 1.28. The number of nitrogens with one attached hydrogen (secondary N) is 2. The molecule has 0 atom stereocenters. The van der Waals surface area contributed by atoms with Crippen molar-refractivity contribution in [2.45, 2.75) is 27.2 Å². The molecule has 7 heterocycles. The number of hydrogen-bond acceptors (Lipinski definition) is 7. The van der Waals surface area contributed by atoms with E-state index in [0.717, 1.165) is 68.0 Å². The van der Waals surface area contributed by atoms with Crippen molar-refractivity contribution in [2.75, 3.05) is 15.5 Å². The number of carbonyl (C=O) groups excluding carboxylic acids is 3. The van der Waals surface area contributed by atoms with Crippen LogP contribution < -0.4 is 25.0 Å². The Hall–Kier alpha value is -8.49. The maximum absolute atomic E-state index is 14.4. The van der Waals surface area contributed by atoms with Crippen LogP contribution in [0.4, 0.5) is 17.1 Å². The topological polar surface area (TPSA) is 97.0 Å². The van der Waals surface area contributed by atoms with E-state index in [2.05, 4.69) is 97.1 Å². The lowest BCUT2D eigenvalue weighted by molar-refractivity contribution is -0.130. The number of nitrogens with zero attached hydrogens (tertiary/aromatic N) is 1. The Morgan fingerprint density at radius 1 is 0.538 bits per heavy atom. The minimum atomic E-state index is -0.512. The lowest BCUT2D eigenvalue weighted by atomic mass is 10.0. The van der Waals surface area contributed by atoms with Crippen molar-refractivity contribution in [3.8, 4) is 33.8 Å². The zero-order valence-corrected chi connectivity index (χ0v) is 36.6. The van der Waals surface area contributed by atoms with Crippen molar-refractivity contribution in [2.24, 2.45) is 0 Å². The second kappa shape index (κ2) is 20.6. The maximum Gasteiger partial charge on any atom is 0.338 e. The third-order valence-electron chi connectivity index (χ3n) is 10.4. The van der Waals surface area contributed by atoms with Gasteiger partial charge < -0.3 is 20.1 Å². The molecule has 6 aromatic rings. The second-order valence-corrected chi connectivity index (χ2v) is 15.7. The third-order valence-corrected chi connectivity index (χ3v) is 10.4. The van der Waals surface area contributed by atoms with Crippen LogP contribution in [0.15, 0.2) is 218 Å². The van der Waals surface area contributed by atoms with E-state index in [1.165, 1.54) is 6.08 Å². The van der Waals surface area contributed by atoms with Gasteiger partial charge >= 0.3 is 11.9 Å². The van der Waals surface area contributed by atoms with Crippen molar-refractivity contribution in [1.82, 2.24) is 0 Å². The molecule has 0 radical (unpaired) electrons. The van der Waals surface area contributed by atoms with Gasteiger partial charge in [0.2, 0.25) is 0 Å². The van der Waals surface area contributed by atoms with E-state index in [1.54, 1.807) is 67.4 Å². The Kier molecular flexibility index (Phi) is 14.1. The molecule has 2 N–H and O–H groups in total. The molecule has 8 bridgehead atoms. The zero-order valence-electron chi connectivity index (χ0n) is 36.6. The van der Waals surface area contributed by atoms with Gasteiger partial charge in [-0.3, -0.25) is 9.69 Å². The fourth-order valence-electron chi connectivity index (χ4n) is 6.65. The van der Waals surface area contributed by atoms with Gasteiger partial charge in [-0.15, -0.1) is 0 Å². The first-order chi connectivity index (χ1) is 31.4. The Morgan fingerprint density at radius 3 is 1.46 bits per heavy atom. The summed E-state index contributed by atoms with van der Waals surface area (Å²) in [5, 5.41) is 7.08. The number of hydrogen-bond donors (Lipinski definition) is 2. The summed E-state index contributed by atoms with van der Waals surface area (Å²) in [7, 11) is 0. The number of benzene rings is 6. The van der Waals surface area contributed by atoms with Gasteiger partial charge in [-0.1, -0.05) is 117 Å². The highest BCUT2D eigenvalue weighted by atomic mass is 16.5. The zero-order chi connectivity index (χ0) is 45.9. The lowest BCUT2D eigenvalue weighted by Gasteiger charge is -2.20. The molecule has 1 amide bonds. The van der Waals surface area contributed by atoms with E-state index in [-0.39, 0.29) is 5.91 Å². The van der Waals surface area contributed by atoms with Crippen molar-refractivity contribution in [1.29, 1.82) is 0 Å². The quantitative estimate of drug-likeness (QED) is 0.0849. The second-order valence-electron chi connectivity index (χ2n) is 15.7. The highest BCUT2D eigenvalue weighted by Crippen LogP contribution is 2.29. The number of anilines is 3. The predicted molar refractivity (Wildman–Crippen MR) is 265 cm³/mol. The molecule has 322 valence electrons. The maximum atomic E-state index is 14.4. The summed E-state index contributed by atoms with van der Waals surface area (Å²) in [5.74, 6) is -0.548. The molecular weight excluding hydrogens is 807 g/mol. The summed E-state index contributed by atoms with van der Waals surface area (Å²) >= 11 is 0. The van der Waals surface area contributed by atoms with Crippen LogP contribution in [0.1, 0.15) is 37.5 Å². The summed E-state index contributed by atoms with van der Waals surface area (Å²) in [4.78, 5) is 40.1. The molecule has 13 rings (SSSR count). The molecule has 7 aliphatic rings. The number of allylic oxidation sites excluding steroid dienone is 3. The van der Waals surface area contributed by atoms with Crippen LogP contribution in [0.25, 0.3) is 34.4 Å². The molecular formula is C57H49N3O5. The highest BCUT2D eigenvalue weighted by Gasteiger charge is 2.15. The van der Waals surface area contributed by atoms with Gasteiger partial charge in [0.25, 0.3) is 5.91 Å². The molecule has 0 aromatic heterocycles. The van der Waals surface area contributed by atoms with E-state index in [0.29, 0.717) is 34.0 Å². The summed E-state index contributed by atoms with van der Waals surface area (Å²) in [6, 6.07) is 46.7. The van der Waals surface area contributed by atoms with Crippen LogP contribution >= 0.6 is 0 Å². The number of esters is 2. The average Bonchev–Trinajstić information content (AvgIpc) is 3.31. The number of ether oxygens (including phenoxy) is 2. The van der Waals surface area contributed by atoms with Gasteiger partial charge in [-0.25, -0.2) is 9.59 Å². The lowest BCUT2D eigenvalue weighted by Crippen LogP contribution is -2.24. The first kappa shape index (κ1) is 44.6. The normalized spacial score (nSPS) is 14.1. The first-order valence-corrected chi connectivity index (χ1v) is 21.0. The molecule has 0 spiro atoms. The van der Waals surface area contributed by atoms with Crippen molar-refractivity contribution in [3.63, 3.8) is 0 Å². The minimum Gasteiger partial charge on any atom is -0.423 e. The number of carbonyl (C=O) groups is 3. The Bertz CT molecular complexity index is 2870. The smallest absolute Gasteiger partial charge is 0.338 e. The fourth-order valence-corrected chi connectivity index (χ4v) is 6.65. The van der Waals surface area contributed by atoms with Crippen LogP contribution in [-0.2, 0) is 20.8 Å². The number of rotatable bonds is 9. The molecule has 8 nitrogen and oxygen atoms in total. The molecule has 0 saturated carbocycles. The van der Waals surface area contributed by atoms with Crippen molar-refractivity contribution < 1.29 is 23.9 Å². The van der Waals surface area contributed by atoms with Crippen molar-refractivity contribution >= 4 is 47.1 Å². The molecule has 0 fully saturated rings. The summed E-state index contributed by atoms with van der Waals surface area (Å²) in [6.07, 6.45) is 11.7. The van der Waals surface area contributed by atoms with Crippen LogP contribution in [0.5, 0.6) is 11.5 Å². The summed E-state index contributed by atoms with van der Waals surface area (Å²) in [5.41, 5.74) is 12.4. The van der Waals surface area contributed by atoms with E-state index >= 15 is 0 Å². The van der Waals surface area contributed by atoms with Crippen LogP contribution in [0, 0.1) is 0 Å². The van der Waals surface area contributed by atoms with Gasteiger partial charge in [0.1, 0.15) is 11.5 Å². The molecule has 0 saturated heterocycles. The van der Waals surface area contributed by atoms with E-state index < -0.39 is 11.9 Å². The van der Waals surface area contributed by atoms with Gasteiger partial charge in [-0.05, 0) is 145 Å². The molecule has 6 aromatic carbocycles. The highest BCUT2D eigenvalue weighted by molar-refractivity contribution is 6.05. The van der Waals surface area contributed by atoms with Gasteiger partial charge in [0.15, 0.2) is 0 Å². The first-order valence-electron chi connectivity index (χ1n) is 21.0. The summed E-state index contributed by atoms with van der Waals surface area (Å²) in [6.45, 7) is 16.7. The van der Waals surface area contributed by atoms with E-state index in [9.17, 15) is 14.4 Å². The summed E-state index contributed by atoms with van der Waals surface area (Å²) < 4.78 is 10.7.